The summed E-state index contributed by atoms with van der Waals surface area (Å²) in [7, 11) is 0. The number of fused-ring (bicyclic) bond motifs is 1. The molecule has 1 aliphatic rings. The predicted octanol–water partition coefficient (Wildman–Crippen LogP) is 4.10. The number of benzene rings is 1. The first kappa shape index (κ1) is 21.0. The minimum Gasteiger partial charge on any atom is -0.335 e. The highest BCUT2D eigenvalue weighted by molar-refractivity contribution is 5.85. The lowest BCUT2D eigenvalue weighted by molar-refractivity contribution is 0.445. The third-order valence-electron chi connectivity index (χ3n) is 5.27. The molecule has 0 spiro atoms. The molecule has 0 atom stereocenters. The van der Waals surface area contributed by atoms with Gasteiger partial charge in [0, 0.05) is 30.6 Å². The summed E-state index contributed by atoms with van der Waals surface area (Å²) >= 11 is 0. The van der Waals surface area contributed by atoms with Crippen LogP contribution in [0.15, 0.2) is 59.7 Å². The lowest BCUT2D eigenvalue weighted by Crippen LogP contribution is -2.42. The van der Waals surface area contributed by atoms with E-state index in [9.17, 15) is 9.18 Å². The molecule has 1 aliphatic heterocycles. The van der Waals surface area contributed by atoms with Crippen LogP contribution in [0.4, 0.5) is 10.3 Å². The summed E-state index contributed by atoms with van der Waals surface area (Å²) in [4.78, 5) is 23.7. The van der Waals surface area contributed by atoms with Crippen molar-refractivity contribution in [2.75, 3.05) is 11.4 Å². The zero-order valence-electron chi connectivity index (χ0n) is 16.5. The van der Waals surface area contributed by atoms with Gasteiger partial charge in [0.1, 0.15) is 5.82 Å². The van der Waals surface area contributed by atoms with E-state index in [0.29, 0.717) is 31.2 Å². The molecule has 0 saturated carbocycles. The summed E-state index contributed by atoms with van der Waals surface area (Å²) < 4.78 is 15.6. The molecule has 0 unspecified atom stereocenters. The van der Waals surface area contributed by atoms with Crippen molar-refractivity contribution >= 4 is 18.4 Å². The van der Waals surface area contributed by atoms with Crippen molar-refractivity contribution < 1.29 is 4.39 Å². The number of anilines is 1. The van der Waals surface area contributed by atoms with Crippen LogP contribution in [0.25, 0.3) is 11.3 Å². The van der Waals surface area contributed by atoms with Crippen molar-refractivity contribution in [2.24, 2.45) is 0 Å². The van der Waals surface area contributed by atoms with E-state index in [2.05, 4.69) is 23.7 Å². The number of rotatable bonds is 5. The predicted molar refractivity (Wildman–Crippen MR) is 115 cm³/mol. The van der Waals surface area contributed by atoms with Gasteiger partial charge in [0.05, 0.1) is 17.8 Å². The molecule has 0 fully saturated rings. The van der Waals surface area contributed by atoms with Gasteiger partial charge in [0.25, 0.3) is 5.56 Å². The van der Waals surface area contributed by atoms with Gasteiger partial charge in [-0.25, -0.2) is 9.37 Å². The van der Waals surface area contributed by atoms with Gasteiger partial charge in [-0.3, -0.25) is 14.3 Å². The van der Waals surface area contributed by atoms with Crippen LogP contribution in [-0.2, 0) is 13.0 Å². The minimum absolute atomic E-state index is 0. The molecule has 0 radical (unpaired) electrons. The van der Waals surface area contributed by atoms with Crippen LogP contribution >= 0.6 is 12.4 Å². The number of aryl methyl sites for hydroxylation is 1. The molecular formula is C22H24ClFN4O. The normalized spacial score (nSPS) is 14.4. The fourth-order valence-corrected chi connectivity index (χ4v) is 3.79. The molecule has 2 aromatic heterocycles. The highest BCUT2D eigenvalue weighted by atomic mass is 35.5. The second kappa shape index (κ2) is 8.33. The molecule has 3 aromatic rings. The Balaban J connectivity index is 0.00000240. The van der Waals surface area contributed by atoms with E-state index in [1.54, 1.807) is 29.1 Å². The molecule has 0 aliphatic carbocycles. The minimum atomic E-state index is -0.231. The number of aromatic nitrogens is 3. The SMILES string of the molecule is CC1(C)Cn2c(nc(-c3ccncc3)cc2=O)N1CCCc1ccccc1F.Cl. The Hall–Kier alpha value is -2.73. The summed E-state index contributed by atoms with van der Waals surface area (Å²) in [5.74, 6) is 0.510. The Morgan fingerprint density at radius 2 is 1.86 bits per heavy atom. The van der Waals surface area contributed by atoms with E-state index < -0.39 is 0 Å². The van der Waals surface area contributed by atoms with E-state index >= 15 is 0 Å². The van der Waals surface area contributed by atoms with Crippen molar-refractivity contribution in [3.05, 3.63) is 76.6 Å². The van der Waals surface area contributed by atoms with Gasteiger partial charge >= 0.3 is 0 Å². The number of nitrogens with zero attached hydrogens (tertiary/aromatic N) is 4. The molecule has 0 saturated heterocycles. The number of hydrogen-bond acceptors (Lipinski definition) is 4. The molecule has 0 bridgehead atoms. The Bertz CT molecular complexity index is 1050. The maximum absolute atomic E-state index is 13.9. The Morgan fingerprint density at radius 1 is 1.14 bits per heavy atom. The molecular weight excluding hydrogens is 391 g/mol. The molecule has 1 aromatic carbocycles. The number of hydrogen-bond donors (Lipinski definition) is 0. The van der Waals surface area contributed by atoms with Gasteiger partial charge in [-0.1, -0.05) is 18.2 Å². The highest BCUT2D eigenvalue weighted by Gasteiger charge is 2.37. The molecule has 7 heteroatoms. The fourth-order valence-electron chi connectivity index (χ4n) is 3.79. The fraction of sp³-hybridized carbons (Fsp3) is 0.318. The van der Waals surface area contributed by atoms with Crippen LogP contribution in [0.1, 0.15) is 25.8 Å². The second-order valence-corrected chi connectivity index (χ2v) is 7.76. The zero-order valence-corrected chi connectivity index (χ0v) is 17.3. The monoisotopic (exact) mass is 414 g/mol. The molecule has 0 N–H and O–H groups in total. The number of pyridine rings is 1. The van der Waals surface area contributed by atoms with Crippen molar-refractivity contribution in [1.29, 1.82) is 0 Å². The lowest BCUT2D eigenvalue weighted by atomic mass is 10.0. The standard InChI is InChI=1S/C22H23FN4O.ClH/c1-22(2)15-26-20(28)14-19(17-9-11-24-12-10-17)25-21(26)27(22)13-5-7-16-6-3-4-8-18(16)23;/h3-4,6,8-12,14H,5,7,13,15H2,1-2H3;1H. The maximum Gasteiger partial charge on any atom is 0.255 e. The molecule has 3 heterocycles. The van der Waals surface area contributed by atoms with Crippen LogP contribution in [0, 0.1) is 5.82 Å². The summed E-state index contributed by atoms with van der Waals surface area (Å²) in [5, 5.41) is 0. The second-order valence-electron chi connectivity index (χ2n) is 7.76. The average molecular weight is 415 g/mol. The van der Waals surface area contributed by atoms with Gasteiger partial charge in [0.2, 0.25) is 5.95 Å². The van der Waals surface area contributed by atoms with Crippen LogP contribution in [-0.4, -0.2) is 26.6 Å². The Morgan fingerprint density at radius 3 is 2.59 bits per heavy atom. The van der Waals surface area contributed by atoms with Crippen molar-refractivity contribution in [3.63, 3.8) is 0 Å². The van der Waals surface area contributed by atoms with Crippen LogP contribution in [0.5, 0.6) is 0 Å². The van der Waals surface area contributed by atoms with Crippen LogP contribution < -0.4 is 10.5 Å². The first-order valence-corrected chi connectivity index (χ1v) is 9.49. The average Bonchev–Trinajstić information content (AvgIpc) is 2.95. The lowest BCUT2D eigenvalue weighted by Gasteiger charge is -2.31. The van der Waals surface area contributed by atoms with E-state index in [0.717, 1.165) is 17.5 Å². The largest absolute Gasteiger partial charge is 0.335 e. The third kappa shape index (κ3) is 4.17. The first-order valence-electron chi connectivity index (χ1n) is 9.49. The first-order chi connectivity index (χ1) is 13.5. The topological polar surface area (TPSA) is 51.0 Å². The summed E-state index contributed by atoms with van der Waals surface area (Å²) in [5.41, 5.74) is 1.95. The van der Waals surface area contributed by atoms with Gasteiger partial charge in [0.15, 0.2) is 0 Å². The van der Waals surface area contributed by atoms with Gasteiger partial charge in [-0.05, 0) is 50.5 Å². The van der Waals surface area contributed by atoms with E-state index in [1.165, 1.54) is 6.07 Å². The van der Waals surface area contributed by atoms with Gasteiger partial charge in [-0.2, -0.15) is 0 Å². The van der Waals surface area contributed by atoms with E-state index in [1.807, 2.05) is 24.3 Å². The van der Waals surface area contributed by atoms with E-state index in [-0.39, 0.29) is 29.3 Å². The quantitative estimate of drug-likeness (QED) is 0.630. The molecule has 4 rings (SSSR count). The van der Waals surface area contributed by atoms with Crippen LogP contribution in [0.3, 0.4) is 0 Å². The van der Waals surface area contributed by atoms with Gasteiger partial charge in [-0.15, -0.1) is 12.4 Å². The smallest absolute Gasteiger partial charge is 0.255 e. The Labute approximate surface area is 175 Å². The van der Waals surface area contributed by atoms with Crippen molar-refractivity contribution in [3.8, 4) is 11.3 Å². The van der Waals surface area contributed by atoms with E-state index in [4.69, 9.17) is 4.98 Å². The third-order valence-corrected chi connectivity index (χ3v) is 5.27. The van der Waals surface area contributed by atoms with Crippen molar-refractivity contribution in [1.82, 2.24) is 14.5 Å². The summed E-state index contributed by atoms with van der Waals surface area (Å²) in [6, 6.07) is 12.2. The molecule has 29 heavy (non-hydrogen) atoms. The van der Waals surface area contributed by atoms with Crippen molar-refractivity contribution in [2.45, 2.75) is 38.8 Å². The van der Waals surface area contributed by atoms with Crippen LogP contribution in [0.2, 0.25) is 0 Å². The Kier molecular flexibility index (Phi) is 6.03. The summed E-state index contributed by atoms with van der Waals surface area (Å²) in [6.45, 7) is 5.50. The molecule has 152 valence electrons. The number of halogens is 2. The summed E-state index contributed by atoms with van der Waals surface area (Å²) in [6.07, 6.45) is 4.81. The zero-order chi connectivity index (χ0) is 19.7. The highest BCUT2D eigenvalue weighted by Crippen LogP contribution is 2.32. The maximum atomic E-state index is 13.9. The molecule has 0 amide bonds. The molecule has 5 nitrogen and oxygen atoms in total. The van der Waals surface area contributed by atoms with Gasteiger partial charge < -0.3 is 4.90 Å².